The van der Waals surface area contributed by atoms with Crippen LogP contribution in [0.25, 0.3) is 0 Å². The highest BCUT2D eigenvalue weighted by molar-refractivity contribution is 5.73. The average molecular weight is 437 g/mol. The lowest BCUT2D eigenvalue weighted by Crippen LogP contribution is -2.35. The molecule has 4 heterocycles. The zero-order valence-electron chi connectivity index (χ0n) is 16.1. The van der Waals surface area contributed by atoms with Crippen LogP contribution in [0.5, 0.6) is 0 Å². The van der Waals surface area contributed by atoms with Crippen LogP contribution in [0.2, 0.25) is 0 Å². The molecule has 0 saturated heterocycles. The number of carboxylic acid groups (broad SMARTS) is 1. The van der Waals surface area contributed by atoms with Gasteiger partial charge in [0.25, 0.3) is 0 Å². The van der Waals surface area contributed by atoms with E-state index in [9.17, 15) is 13.2 Å². The van der Waals surface area contributed by atoms with Crippen LogP contribution in [-0.2, 0) is 35.8 Å². The number of pyridine rings is 1. The number of fused-ring (bicyclic) bond motifs is 1. The van der Waals surface area contributed by atoms with Crippen molar-refractivity contribution in [1.29, 1.82) is 0 Å². The highest BCUT2D eigenvalue weighted by Crippen LogP contribution is 2.17. The minimum absolute atomic E-state index is 0.434. The van der Waals surface area contributed by atoms with Gasteiger partial charge in [-0.1, -0.05) is 6.07 Å². The van der Waals surface area contributed by atoms with Crippen molar-refractivity contribution in [1.82, 2.24) is 29.7 Å². The SMILES string of the molecule is O=C(O)C(F)(F)F.c1cnc(N2CCn3c(COCc4cccnc4)nnc3C2)nc1. The van der Waals surface area contributed by atoms with E-state index in [1.165, 1.54) is 0 Å². The zero-order chi connectivity index (χ0) is 22.3. The number of alkyl halides is 3. The third-order valence-corrected chi connectivity index (χ3v) is 4.13. The molecule has 0 amide bonds. The third kappa shape index (κ3) is 6.18. The van der Waals surface area contributed by atoms with Crippen LogP contribution in [0.15, 0.2) is 43.0 Å². The van der Waals surface area contributed by atoms with Crippen LogP contribution in [0.1, 0.15) is 17.2 Å². The van der Waals surface area contributed by atoms with Crippen LogP contribution >= 0.6 is 0 Å². The van der Waals surface area contributed by atoms with Gasteiger partial charge in [-0.25, -0.2) is 14.8 Å². The van der Waals surface area contributed by atoms with Crippen molar-refractivity contribution in [3.05, 3.63) is 60.2 Å². The standard InChI is InChI=1S/C16H17N7O.C2HF3O2/c1-3-13(9-17-4-1)11-24-12-15-21-20-14-10-22(7-8-23(14)15)16-18-5-2-6-19-16;3-2(4,5)1(6)7/h1-6,9H,7-8,10-12H2;(H,6,7). The van der Waals surface area contributed by atoms with Crippen molar-refractivity contribution in [2.24, 2.45) is 0 Å². The van der Waals surface area contributed by atoms with E-state index in [-0.39, 0.29) is 0 Å². The lowest BCUT2D eigenvalue weighted by atomic mass is 10.3. The summed E-state index contributed by atoms with van der Waals surface area (Å²) in [5.41, 5.74) is 1.04. The number of carboxylic acids is 1. The Balaban J connectivity index is 0.000000339. The molecule has 0 fully saturated rings. The van der Waals surface area contributed by atoms with Gasteiger partial charge in [0.1, 0.15) is 6.61 Å². The Morgan fingerprint density at radius 1 is 1.10 bits per heavy atom. The van der Waals surface area contributed by atoms with Gasteiger partial charge >= 0.3 is 12.1 Å². The maximum atomic E-state index is 10.6. The number of aliphatic carboxylic acids is 1. The number of rotatable bonds is 5. The summed E-state index contributed by atoms with van der Waals surface area (Å²) in [6.07, 6.45) is 1.97. The molecular formula is C18H18F3N7O3. The Morgan fingerprint density at radius 3 is 2.48 bits per heavy atom. The predicted octanol–water partition coefficient (Wildman–Crippen LogP) is 1.83. The maximum Gasteiger partial charge on any atom is 0.490 e. The molecular weight excluding hydrogens is 419 g/mol. The molecule has 0 aliphatic carbocycles. The topological polar surface area (TPSA) is 119 Å². The first kappa shape index (κ1) is 22.1. The van der Waals surface area contributed by atoms with Gasteiger partial charge in [-0.05, 0) is 17.7 Å². The predicted molar refractivity (Wildman–Crippen MR) is 99.5 cm³/mol. The molecule has 3 aromatic heterocycles. The molecule has 0 saturated carbocycles. The Hall–Kier alpha value is -3.61. The number of hydrogen-bond acceptors (Lipinski definition) is 8. The molecule has 1 N–H and O–H groups in total. The van der Waals surface area contributed by atoms with Crippen molar-refractivity contribution >= 4 is 11.9 Å². The van der Waals surface area contributed by atoms with Gasteiger partial charge in [-0.3, -0.25) is 4.98 Å². The van der Waals surface area contributed by atoms with E-state index in [1.54, 1.807) is 24.8 Å². The summed E-state index contributed by atoms with van der Waals surface area (Å²) in [6.45, 7) is 3.22. The number of aromatic nitrogens is 6. The second-order valence-corrected chi connectivity index (χ2v) is 6.31. The lowest BCUT2D eigenvalue weighted by molar-refractivity contribution is -0.192. The minimum atomic E-state index is -5.08. The summed E-state index contributed by atoms with van der Waals surface area (Å²) in [5, 5.41) is 15.7. The third-order valence-electron chi connectivity index (χ3n) is 4.13. The van der Waals surface area contributed by atoms with Crippen molar-refractivity contribution in [2.75, 3.05) is 11.4 Å². The number of nitrogens with zero attached hydrogens (tertiary/aromatic N) is 7. The number of ether oxygens (including phenoxy) is 1. The normalized spacial score (nSPS) is 13.2. The van der Waals surface area contributed by atoms with Crippen LogP contribution in [0.4, 0.5) is 19.1 Å². The number of hydrogen-bond donors (Lipinski definition) is 1. The van der Waals surface area contributed by atoms with Gasteiger partial charge in [0.15, 0.2) is 11.6 Å². The van der Waals surface area contributed by atoms with E-state index >= 15 is 0 Å². The van der Waals surface area contributed by atoms with Crippen LogP contribution in [0.3, 0.4) is 0 Å². The molecule has 164 valence electrons. The summed E-state index contributed by atoms with van der Waals surface area (Å²) < 4.78 is 39.6. The van der Waals surface area contributed by atoms with Crippen LogP contribution in [-0.4, -0.2) is 53.5 Å². The van der Waals surface area contributed by atoms with Gasteiger partial charge in [0, 0.05) is 37.9 Å². The fourth-order valence-electron chi connectivity index (χ4n) is 2.69. The monoisotopic (exact) mass is 437 g/mol. The molecule has 0 radical (unpaired) electrons. The van der Waals surface area contributed by atoms with Gasteiger partial charge in [-0.2, -0.15) is 13.2 Å². The summed E-state index contributed by atoms with van der Waals surface area (Å²) in [5.74, 6) is -0.273. The van der Waals surface area contributed by atoms with Crippen LogP contribution in [0, 0.1) is 0 Å². The molecule has 31 heavy (non-hydrogen) atoms. The van der Waals surface area contributed by atoms with Gasteiger partial charge in [0.2, 0.25) is 5.95 Å². The highest BCUT2D eigenvalue weighted by atomic mass is 19.4. The average Bonchev–Trinajstić information content (AvgIpc) is 3.17. The van der Waals surface area contributed by atoms with Crippen molar-refractivity contribution in [2.45, 2.75) is 32.5 Å². The quantitative estimate of drug-likeness (QED) is 0.637. The zero-order valence-corrected chi connectivity index (χ0v) is 16.1. The first-order valence-corrected chi connectivity index (χ1v) is 9.04. The van der Waals surface area contributed by atoms with E-state index in [0.29, 0.717) is 19.8 Å². The van der Waals surface area contributed by atoms with Gasteiger partial charge in [-0.15, -0.1) is 10.2 Å². The molecule has 0 aromatic carbocycles. The molecule has 1 aliphatic rings. The second kappa shape index (κ2) is 9.93. The minimum Gasteiger partial charge on any atom is -0.475 e. The summed E-state index contributed by atoms with van der Waals surface area (Å²) in [7, 11) is 0. The highest BCUT2D eigenvalue weighted by Gasteiger charge is 2.38. The molecule has 0 spiro atoms. The Bertz CT molecular complexity index is 984. The van der Waals surface area contributed by atoms with E-state index in [2.05, 4.69) is 34.6 Å². The Morgan fingerprint density at radius 2 is 1.84 bits per heavy atom. The number of anilines is 1. The summed E-state index contributed by atoms with van der Waals surface area (Å²) >= 11 is 0. The molecule has 1 aliphatic heterocycles. The smallest absolute Gasteiger partial charge is 0.475 e. The van der Waals surface area contributed by atoms with Crippen LogP contribution < -0.4 is 4.90 Å². The number of carbonyl (C=O) groups is 1. The number of halogens is 3. The fraction of sp³-hybridized carbons (Fsp3) is 0.333. The van der Waals surface area contributed by atoms with Gasteiger partial charge in [0.05, 0.1) is 13.2 Å². The van der Waals surface area contributed by atoms with E-state index < -0.39 is 12.1 Å². The molecule has 3 aromatic rings. The maximum absolute atomic E-state index is 10.6. The Kier molecular flexibility index (Phi) is 7.07. The van der Waals surface area contributed by atoms with Crippen molar-refractivity contribution in [3.8, 4) is 0 Å². The lowest BCUT2D eigenvalue weighted by Gasteiger charge is -2.27. The van der Waals surface area contributed by atoms with Crippen molar-refractivity contribution < 1.29 is 27.8 Å². The first-order chi connectivity index (χ1) is 14.8. The summed E-state index contributed by atoms with van der Waals surface area (Å²) in [4.78, 5) is 23.7. The first-order valence-electron chi connectivity index (χ1n) is 9.04. The molecule has 13 heteroatoms. The Labute approximate surface area is 174 Å². The van der Waals surface area contributed by atoms with Gasteiger partial charge < -0.3 is 19.3 Å². The molecule has 0 atom stereocenters. The van der Waals surface area contributed by atoms with E-state index in [1.807, 2.05) is 18.2 Å². The van der Waals surface area contributed by atoms with E-state index in [0.717, 1.165) is 36.3 Å². The molecule has 4 rings (SSSR count). The van der Waals surface area contributed by atoms with E-state index in [4.69, 9.17) is 14.6 Å². The fourth-order valence-corrected chi connectivity index (χ4v) is 2.69. The largest absolute Gasteiger partial charge is 0.490 e. The van der Waals surface area contributed by atoms with Crippen molar-refractivity contribution in [3.63, 3.8) is 0 Å². The molecule has 0 bridgehead atoms. The molecule has 0 unspecified atom stereocenters. The molecule has 10 nitrogen and oxygen atoms in total. The second-order valence-electron chi connectivity index (χ2n) is 6.31. The summed E-state index contributed by atoms with van der Waals surface area (Å²) in [6, 6.07) is 5.70.